The van der Waals surface area contributed by atoms with Crippen LogP contribution < -0.4 is 0 Å². The maximum absolute atomic E-state index is 11.2. The highest BCUT2D eigenvalue weighted by Gasteiger charge is 2.03. The molecule has 1 rings (SSSR count). The predicted octanol–water partition coefficient (Wildman–Crippen LogP) is 4.00. The Morgan fingerprint density at radius 1 is 1.33 bits per heavy atom. The van der Waals surface area contributed by atoms with Crippen LogP contribution in [0.2, 0.25) is 0 Å². The molecule has 3 heteroatoms. The van der Waals surface area contributed by atoms with Gasteiger partial charge in [-0.2, -0.15) is 0 Å². The van der Waals surface area contributed by atoms with E-state index in [1.165, 1.54) is 17.7 Å². The summed E-state index contributed by atoms with van der Waals surface area (Å²) in [6, 6.07) is 7.66. The SMILES string of the molecule is CCCCSc1ccc(C(=O)CCl)cc1. The minimum atomic E-state index is -0.0122. The molecule has 82 valence electrons. The smallest absolute Gasteiger partial charge is 0.177 e. The number of benzene rings is 1. The van der Waals surface area contributed by atoms with Gasteiger partial charge in [-0.3, -0.25) is 4.79 Å². The van der Waals surface area contributed by atoms with Gasteiger partial charge in [0.1, 0.15) is 0 Å². The van der Waals surface area contributed by atoms with E-state index in [4.69, 9.17) is 11.6 Å². The van der Waals surface area contributed by atoms with E-state index in [9.17, 15) is 4.79 Å². The Labute approximate surface area is 100 Å². The number of unbranched alkanes of at least 4 members (excludes halogenated alkanes) is 1. The Balaban J connectivity index is 2.52. The molecule has 0 N–H and O–H groups in total. The van der Waals surface area contributed by atoms with Gasteiger partial charge in [-0.25, -0.2) is 0 Å². The number of carbonyl (C=O) groups excluding carboxylic acids is 1. The second kappa shape index (κ2) is 6.91. The van der Waals surface area contributed by atoms with Crippen molar-refractivity contribution in [2.45, 2.75) is 24.7 Å². The fourth-order valence-electron chi connectivity index (χ4n) is 1.15. The van der Waals surface area contributed by atoms with E-state index in [1.807, 2.05) is 36.0 Å². The molecule has 0 aliphatic heterocycles. The van der Waals surface area contributed by atoms with E-state index >= 15 is 0 Å². The van der Waals surface area contributed by atoms with Gasteiger partial charge >= 0.3 is 0 Å². The number of carbonyl (C=O) groups is 1. The van der Waals surface area contributed by atoms with Crippen LogP contribution in [0.4, 0.5) is 0 Å². The molecule has 0 fully saturated rings. The number of hydrogen-bond acceptors (Lipinski definition) is 2. The molecule has 0 bridgehead atoms. The molecule has 0 saturated carbocycles. The van der Waals surface area contributed by atoms with Crippen molar-refractivity contribution in [2.75, 3.05) is 11.6 Å². The van der Waals surface area contributed by atoms with Crippen molar-refractivity contribution >= 4 is 29.1 Å². The van der Waals surface area contributed by atoms with E-state index < -0.39 is 0 Å². The zero-order valence-electron chi connectivity index (χ0n) is 8.83. The largest absolute Gasteiger partial charge is 0.293 e. The Morgan fingerprint density at radius 3 is 2.53 bits per heavy atom. The molecule has 15 heavy (non-hydrogen) atoms. The van der Waals surface area contributed by atoms with Crippen LogP contribution in [0, 0.1) is 0 Å². The van der Waals surface area contributed by atoms with Crippen molar-refractivity contribution < 1.29 is 4.79 Å². The molecule has 0 unspecified atom stereocenters. The van der Waals surface area contributed by atoms with E-state index in [-0.39, 0.29) is 11.7 Å². The van der Waals surface area contributed by atoms with Crippen LogP contribution in [0.15, 0.2) is 29.2 Å². The topological polar surface area (TPSA) is 17.1 Å². The summed E-state index contributed by atoms with van der Waals surface area (Å²) in [5, 5.41) is 0. The van der Waals surface area contributed by atoms with E-state index in [0.717, 1.165) is 5.75 Å². The van der Waals surface area contributed by atoms with Crippen LogP contribution in [-0.4, -0.2) is 17.4 Å². The summed E-state index contributed by atoms with van der Waals surface area (Å²) in [6.07, 6.45) is 2.45. The molecule has 1 aromatic carbocycles. The van der Waals surface area contributed by atoms with E-state index in [2.05, 4.69) is 6.92 Å². The third-order valence-corrected chi connectivity index (χ3v) is 3.41. The fraction of sp³-hybridized carbons (Fsp3) is 0.417. The molecule has 0 radical (unpaired) electrons. The number of ketones is 1. The van der Waals surface area contributed by atoms with Gasteiger partial charge in [0.05, 0.1) is 5.88 Å². The molecular formula is C12H15ClOS. The highest BCUT2D eigenvalue weighted by molar-refractivity contribution is 7.99. The van der Waals surface area contributed by atoms with Crippen molar-refractivity contribution in [3.05, 3.63) is 29.8 Å². The first-order valence-corrected chi connectivity index (χ1v) is 6.62. The third-order valence-electron chi connectivity index (χ3n) is 2.06. The summed E-state index contributed by atoms with van der Waals surface area (Å²) in [4.78, 5) is 12.5. The molecular weight excluding hydrogens is 228 g/mol. The summed E-state index contributed by atoms with van der Waals surface area (Å²) >= 11 is 7.30. The maximum atomic E-state index is 11.2. The Morgan fingerprint density at radius 2 is 2.00 bits per heavy atom. The zero-order chi connectivity index (χ0) is 11.1. The monoisotopic (exact) mass is 242 g/mol. The predicted molar refractivity (Wildman–Crippen MR) is 67.1 cm³/mol. The molecule has 0 aromatic heterocycles. The molecule has 0 amide bonds. The molecule has 1 nitrogen and oxygen atoms in total. The molecule has 0 aliphatic carbocycles. The normalized spacial score (nSPS) is 10.3. The van der Waals surface area contributed by atoms with Crippen molar-refractivity contribution in [2.24, 2.45) is 0 Å². The number of hydrogen-bond donors (Lipinski definition) is 0. The lowest BCUT2D eigenvalue weighted by Gasteiger charge is -2.01. The lowest BCUT2D eigenvalue weighted by Crippen LogP contribution is -1.99. The summed E-state index contributed by atoms with van der Waals surface area (Å²) in [5.74, 6) is 1.18. The Bertz CT molecular complexity index is 308. The van der Waals surface area contributed by atoms with Gasteiger partial charge < -0.3 is 0 Å². The van der Waals surface area contributed by atoms with Crippen LogP contribution in [0.25, 0.3) is 0 Å². The molecule has 1 aromatic rings. The van der Waals surface area contributed by atoms with Gasteiger partial charge in [0.15, 0.2) is 5.78 Å². The number of halogens is 1. The molecule has 0 saturated heterocycles. The standard InChI is InChI=1S/C12H15ClOS/c1-2-3-8-15-11-6-4-10(5-7-11)12(14)9-13/h4-7H,2-3,8-9H2,1H3. The Kier molecular flexibility index (Phi) is 5.81. The average molecular weight is 243 g/mol. The van der Waals surface area contributed by atoms with Crippen molar-refractivity contribution in [1.29, 1.82) is 0 Å². The molecule has 0 heterocycles. The van der Waals surface area contributed by atoms with Gasteiger partial charge in [-0.1, -0.05) is 25.5 Å². The average Bonchev–Trinajstić information content (AvgIpc) is 2.29. The maximum Gasteiger partial charge on any atom is 0.177 e. The van der Waals surface area contributed by atoms with Crippen LogP contribution >= 0.6 is 23.4 Å². The fourth-order valence-corrected chi connectivity index (χ4v) is 2.30. The highest BCUT2D eigenvalue weighted by Crippen LogP contribution is 2.19. The molecule has 0 spiro atoms. The van der Waals surface area contributed by atoms with Crippen molar-refractivity contribution in [3.63, 3.8) is 0 Å². The van der Waals surface area contributed by atoms with Gasteiger partial charge in [-0.15, -0.1) is 23.4 Å². The van der Waals surface area contributed by atoms with Gasteiger partial charge in [0.25, 0.3) is 0 Å². The van der Waals surface area contributed by atoms with Gasteiger partial charge in [0, 0.05) is 10.5 Å². The van der Waals surface area contributed by atoms with Crippen molar-refractivity contribution in [1.82, 2.24) is 0 Å². The lowest BCUT2D eigenvalue weighted by atomic mass is 10.1. The van der Waals surface area contributed by atoms with E-state index in [0.29, 0.717) is 5.56 Å². The summed E-state index contributed by atoms with van der Waals surface area (Å²) in [7, 11) is 0. The number of thioether (sulfide) groups is 1. The molecule has 0 atom stereocenters. The van der Waals surface area contributed by atoms with Gasteiger partial charge in [-0.05, 0) is 24.3 Å². The van der Waals surface area contributed by atoms with Gasteiger partial charge in [0.2, 0.25) is 0 Å². The third kappa shape index (κ3) is 4.27. The number of Topliss-reactive ketones (excluding diaryl/α,β-unsaturated/α-hetero) is 1. The zero-order valence-corrected chi connectivity index (χ0v) is 10.4. The highest BCUT2D eigenvalue weighted by atomic mass is 35.5. The summed E-state index contributed by atoms with van der Waals surface area (Å²) in [5.41, 5.74) is 0.699. The lowest BCUT2D eigenvalue weighted by molar-refractivity contribution is 0.102. The molecule has 0 aliphatic rings. The quantitative estimate of drug-likeness (QED) is 0.325. The number of alkyl halides is 1. The van der Waals surface area contributed by atoms with E-state index in [1.54, 1.807) is 0 Å². The van der Waals surface area contributed by atoms with Crippen LogP contribution in [0.3, 0.4) is 0 Å². The summed E-state index contributed by atoms with van der Waals surface area (Å²) in [6.45, 7) is 2.18. The first-order valence-electron chi connectivity index (χ1n) is 5.10. The van der Waals surface area contributed by atoms with Crippen LogP contribution in [0.5, 0.6) is 0 Å². The first kappa shape index (κ1) is 12.6. The first-order chi connectivity index (χ1) is 7.27. The summed E-state index contributed by atoms with van der Waals surface area (Å²) < 4.78 is 0. The second-order valence-electron chi connectivity index (χ2n) is 3.28. The second-order valence-corrected chi connectivity index (χ2v) is 4.72. The van der Waals surface area contributed by atoms with Crippen molar-refractivity contribution in [3.8, 4) is 0 Å². The minimum Gasteiger partial charge on any atom is -0.293 e. The minimum absolute atomic E-state index is 0.0122. The van der Waals surface area contributed by atoms with Crippen LogP contribution in [0.1, 0.15) is 30.1 Å². The Hall–Kier alpha value is -0.470. The number of rotatable bonds is 6. The van der Waals surface area contributed by atoms with Crippen LogP contribution in [-0.2, 0) is 0 Å².